The predicted octanol–water partition coefficient (Wildman–Crippen LogP) is 2.02. The van der Waals surface area contributed by atoms with Gasteiger partial charge in [-0.15, -0.1) is 0 Å². The molecule has 0 aromatic heterocycles. The Hall–Kier alpha value is -1.56. The Labute approximate surface area is 107 Å². The molecule has 1 aromatic carbocycles. The fourth-order valence-corrected chi connectivity index (χ4v) is 1.96. The molecule has 0 aliphatic carbocycles. The van der Waals surface area contributed by atoms with Crippen LogP contribution in [-0.4, -0.2) is 24.7 Å². The van der Waals surface area contributed by atoms with Crippen LogP contribution >= 0.6 is 0 Å². The molecule has 0 aliphatic heterocycles. The number of carboxylic acid groups (broad SMARTS) is 1. The number of aliphatic carboxylic acids is 1. The summed E-state index contributed by atoms with van der Waals surface area (Å²) < 4.78 is 25.7. The van der Waals surface area contributed by atoms with Crippen LogP contribution in [-0.2, 0) is 14.8 Å². The van der Waals surface area contributed by atoms with E-state index in [4.69, 9.17) is 5.11 Å². The van der Waals surface area contributed by atoms with Crippen LogP contribution < -0.4 is 4.72 Å². The quantitative estimate of drug-likeness (QED) is 0.858. The fraction of sp³-hybridized carbons (Fsp3) is 0.417. The van der Waals surface area contributed by atoms with Crippen molar-refractivity contribution in [1.82, 2.24) is 0 Å². The van der Waals surface area contributed by atoms with E-state index in [-0.39, 0.29) is 0 Å². The van der Waals surface area contributed by atoms with Crippen molar-refractivity contribution in [2.45, 2.75) is 31.9 Å². The van der Waals surface area contributed by atoms with Gasteiger partial charge in [-0.25, -0.2) is 8.42 Å². The SMILES string of the molecule is CC(C(=O)O)c1ccc(NS(=O)(=O)C(C)C)cc1. The number of nitrogens with one attached hydrogen (secondary N) is 1. The zero-order valence-electron chi connectivity index (χ0n) is 10.5. The van der Waals surface area contributed by atoms with Crippen molar-refractivity contribution in [1.29, 1.82) is 0 Å². The number of carbonyl (C=O) groups is 1. The van der Waals surface area contributed by atoms with Crippen molar-refractivity contribution in [3.63, 3.8) is 0 Å². The second-order valence-electron chi connectivity index (χ2n) is 4.38. The van der Waals surface area contributed by atoms with Crippen LogP contribution in [0.15, 0.2) is 24.3 Å². The Bertz CT molecular complexity index is 520. The fourth-order valence-electron chi connectivity index (χ4n) is 1.26. The monoisotopic (exact) mass is 271 g/mol. The van der Waals surface area contributed by atoms with E-state index in [9.17, 15) is 13.2 Å². The van der Waals surface area contributed by atoms with Gasteiger partial charge in [0, 0.05) is 5.69 Å². The number of sulfonamides is 1. The summed E-state index contributed by atoms with van der Waals surface area (Å²) in [5, 5.41) is 8.33. The highest BCUT2D eigenvalue weighted by molar-refractivity contribution is 7.93. The average Bonchev–Trinajstić information content (AvgIpc) is 2.28. The lowest BCUT2D eigenvalue weighted by molar-refractivity contribution is -0.138. The maximum absolute atomic E-state index is 11.6. The van der Waals surface area contributed by atoms with Crippen LogP contribution in [0.2, 0.25) is 0 Å². The Kier molecular flexibility index (Phi) is 4.34. The topological polar surface area (TPSA) is 83.5 Å². The number of carboxylic acids is 1. The Morgan fingerprint density at radius 1 is 1.17 bits per heavy atom. The summed E-state index contributed by atoms with van der Waals surface area (Å²) in [6, 6.07) is 6.34. The standard InChI is InChI=1S/C12H17NO4S/c1-8(2)18(16,17)13-11-6-4-10(5-7-11)9(3)12(14)15/h4-9,13H,1-3H3,(H,14,15). The van der Waals surface area contributed by atoms with Crippen molar-refractivity contribution < 1.29 is 18.3 Å². The first kappa shape index (κ1) is 14.5. The Morgan fingerprint density at radius 2 is 1.67 bits per heavy atom. The minimum absolute atomic E-state index is 0.435. The maximum Gasteiger partial charge on any atom is 0.310 e. The lowest BCUT2D eigenvalue weighted by Gasteiger charge is -2.12. The minimum Gasteiger partial charge on any atom is -0.481 e. The first-order chi connectivity index (χ1) is 8.24. The second kappa shape index (κ2) is 5.39. The van der Waals surface area contributed by atoms with Gasteiger partial charge < -0.3 is 5.11 Å². The Morgan fingerprint density at radius 3 is 2.06 bits per heavy atom. The highest BCUT2D eigenvalue weighted by Crippen LogP contribution is 2.19. The van der Waals surface area contributed by atoms with Crippen LogP contribution in [0.4, 0.5) is 5.69 Å². The summed E-state index contributed by atoms with van der Waals surface area (Å²) >= 11 is 0. The van der Waals surface area contributed by atoms with E-state index >= 15 is 0 Å². The minimum atomic E-state index is -3.37. The number of anilines is 1. The van der Waals surface area contributed by atoms with E-state index in [2.05, 4.69) is 4.72 Å². The van der Waals surface area contributed by atoms with Gasteiger partial charge >= 0.3 is 5.97 Å². The third kappa shape index (κ3) is 3.46. The van der Waals surface area contributed by atoms with Gasteiger partial charge in [-0.1, -0.05) is 12.1 Å². The summed E-state index contributed by atoms with van der Waals surface area (Å²) in [4.78, 5) is 10.8. The molecule has 6 heteroatoms. The van der Waals surface area contributed by atoms with E-state index in [1.54, 1.807) is 45.0 Å². The molecule has 5 nitrogen and oxygen atoms in total. The molecule has 0 bridgehead atoms. The van der Waals surface area contributed by atoms with Gasteiger partial charge in [0.15, 0.2) is 0 Å². The first-order valence-electron chi connectivity index (χ1n) is 5.58. The first-order valence-corrected chi connectivity index (χ1v) is 7.13. The highest BCUT2D eigenvalue weighted by atomic mass is 32.2. The van der Waals surface area contributed by atoms with Crippen LogP contribution in [0.1, 0.15) is 32.3 Å². The second-order valence-corrected chi connectivity index (χ2v) is 6.61. The van der Waals surface area contributed by atoms with Crippen molar-refractivity contribution >= 4 is 21.7 Å². The molecule has 100 valence electrons. The van der Waals surface area contributed by atoms with Gasteiger partial charge in [-0.05, 0) is 38.5 Å². The zero-order chi connectivity index (χ0) is 13.9. The van der Waals surface area contributed by atoms with Crippen LogP contribution in [0.25, 0.3) is 0 Å². The third-order valence-electron chi connectivity index (χ3n) is 2.66. The van der Waals surface area contributed by atoms with Crippen molar-refractivity contribution in [3.8, 4) is 0 Å². The molecule has 0 aliphatic rings. The lowest BCUT2D eigenvalue weighted by Crippen LogP contribution is -2.22. The summed E-state index contributed by atoms with van der Waals surface area (Å²) in [5.74, 6) is -1.52. The molecule has 0 saturated carbocycles. The molecule has 1 rings (SSSR count). The van der Waals surface area contributed by atoms with Gasteiger partial charge in [-0.2, -0.15) is 0 Å². The van der Waals surface area contributed by atoms with Gasteiger partial charge in [-0.3, -0.25) is 9.52 Å². The van der Waals surface area contributed by atoms with Gasteiger partial charge in [0.05, 0.1) is 11.2 Å². The number of hydrogen-bond acceptors (Lipinski definition) is 3. The van der Waals surface area contributed by atoms with Crippen molar-refractivity contribution in [2.75, 3.05) is 4.72 Å². The number of rotatable bonds is 5. The normalized spacial score (nSPS) is 13.3. The molecule has 0 spiro atoms. The summed E-state index contributed by atoms with van der Waals surface area (Å²) in [6.07, 6.45) is 0. The van der Waals surface area contributed by atoms with Crippen LogP contribution in [0, 0.1) is 0 Å². The van der Waals surface area contributed by atoms with E-state index in [0.29, 0.717) is 11.3 Å². The molecule has 1 atom stereocenters. The molecule has 0 heterocycles. The average molecular weight is 271 g/mol. The lowest BCUT2D eigenvalue weighted by atomic mass is 10.0. The van der Waals surface area contributed by atoms with Crippen LogP contribution in [0.5, 0.6) is 0 Å². The molecular weight excluding hydrogens is 254 g/mol. The summed E-state index contributed by atoms with van der Waals surface area (Å²) in [6.45, 7) is 4.75. The smallest absolute Gasteiger partial charge is 0.310 e. The molecule has 0 amide bonds. The predicted molar refractivity (Wildman–Crippen MR) is 70.2 cm³/mol. The molecule has 0 saturated heterocycles. The van der Waals surface area contributed by atoms with Crippen molar-refractivity contribution in [3.05, 3.63) is 29.8 Å². The van der Waals surface area contributed by atoms with Gasteiger partial charge in [0.1, 0.15) is 0 Å². The number of benzene rings is 1. The van der Waals surface area contributed by atoms with Crippen LogP contribution in [0.3, 0.4) is 0 Å². The van der Waals surface area contributed by atoms with E-state index in [1.165, 1.54) is 0 Å². The Balaban J connectivity index is 2.88. The highest BCUT2D eigenvalue weighted by Gasteiger charge is 2.16. The molecule has 1 aromatic rings. The zero-order valence-corrected chi connectivity index (χ0v) is 11.4. The van der Waals surface area contributed by atoms with E-state index in [0.717, 1.165) is 0 Å². The molecule has 0 fully saturated rings. The summed E-state index contributed by atoms with van der Waals surface area (Å²) in [5.41, 5.74) is 1.07. The molecule has 1 unspecified atom stereocenters. The van der Waals surface area contributed by atoms with E-state index < -0.39 is 27.2 Å². The third-order valence-corrected chi connectivity index (χ3v) is 4.42. The van der Waals surface area contributed by atoms with E-state index in [1.807, 2.05) is 0 Å². The maximum atomic E-state index is 11.6. The molecule has 0 radical (unpaired) electrons. The van der Waals surface area contributed by atoms with Gasteiger partial charge in [0.2, 0.25) is 10.0 Å². The molecule has 18 heavy (non-hydrogen) atoms. The molecule has 2 N–H and O–H groups in total. The van der Waals surface area contributed by atoms with Gasteiger partial charge in [0.25, 0.3) is 0 Å². The number of hydrogen-bond donors (Lipinski definition) is 2. The van der Waals surface area contributed by atoms with Crippen molar-refractivity contribution in [2.24, 2.45) is 0 Å². The largest absolute Gasteiger partial charge is 0.481 e. The summed E-state index contributed by atoms with van der Waals surface area (Å²) in [7, 11) is -3.37. The molecular formula is C12H17NO4S.